The minimum Gasteiger partial charge on any atom is -0.333 e. The van der Waals surface area contributed by atoms with E-state index in [0.29, 0.717) is 16.9 Å². The Kier molecular flexibility index (Phi) is 2.66. The summed E-state index contributed by atoms with van der Waals surface area (Å²) in [6.45, 7) is 5.71. The summed E-state index contributed by atoms with van der Waals surface area (Å²) in [5, 5.41) is 12.7. The van der Waals surface area contributed by atoms with Gasteiger partial charge >= 0.3 is 6.03 Å². The van der Waals surface area contributed by atoms with E-state index in [0.717, 1.165) is 0 Å². The first-order chi connectivity index (χ1) is 7.96. The van der Waals surface area contributed by atoms with Crippen LogP contribution in [0.1, 0.15) is 20.8 Å². The number of anilines is 1. The van der Waals surface area contributed by atoms with Crippen LogP contribution in [0.4, 0.5) is 10.6 Å². The monoisotopic (exact) mass is 234 g/mol. The zero-order chi connectivity index (χ0) is 12.5. The second-order valence-electron chi connectivity index (χ2n) is 4.68. The van der Waals surface area contributed by atoms with Crippen molar-refractivity contribution < 1.29 is 4.79 Å². The zero-order valence-electron chi connectivity index (χ0n) is 9.90. The highest BCUT2D eigenvalue weighted by Crippen LogP contribution is 2.15. The summed E-state index contributed by atoms with van der Waals surface area (Å²) in [6, 6.07) is -0.307. The molecule has 0 saturated heterocycles. The summed E-state index contributed by atoms with van der Waals surface area (Å²) in [4.78, 5) is 19.7. The Morgan fingerprint density at radius 2 is 2.12 bits per heavy atom. The van der Waals surface area contributed by atoms with Crippen LogP contribution in [0.2, 0.25) is 0 Å². The van der Waals surface area contributed by atoms with Gasteiger partial charge in [-0.1, -0.05) is 0 Å². The fourth-order valence-electron chi connectivity index (χ4n) is 1.34. The average molecular weight is 234 g/mol. The molecule has 17 heavy (non-hydrogen) atoms. The Bertz CT molecular complexity index is 541. The van der Waals surface area contributed by atoms with Crippen molar-refractivity contribution in [3.05, 3.63) is 12.5 Å². The summed E-state index contributed by atoms with van der Waals surface area (Å²) in [7, 11) is 0. The molecule has 0 aliphatic heterocycles. The fraction of sp³-hybridized carbons (Fsp3) is 0.400. The van der Waals surface area contributed by atoms with Crippen LogP contribution in [0.3, 0.4) is 0 Å². The van der Waals surface area contributed by atoms with E-state index < -0.39 is 0 Å². The van der Waals surface area contributed by atoms with Crippen LogP contribution < -0.4 is 10.6 Å². The predicted molar refractivity (Wildman–Crippen MR) is 63.6 cm³/mol. The third kappa shape index (κ3) is 2.68. The van der Waals surface area contributed by atoms with Crippen LogP contribution in [0, 0.1) is 0 Å². The van der Waals surface area contributed by atoms with Gasteiger partial charge in [-0.3, -0.25) is 10.4 Å². The lowest BCUT2D eigenvalue weighted by molar-refractivity contribution is 0.243. The molecule has 0 fully saturated rings. The molecule has 7 heteroatoms. The minimum absolute atomic E-state index is 0.299. The molecular weight excluding hydrogens is 220 g/mol. The van der Waals surface area contributed by atoms with Gasteiger partial charge in [0.05, 0.1) is 11.6 Å². The van der Waals surface area contributed by atoms with E-state index >= 15 is 0 Å². The number of fused-ring (bicyclic) bond motifs is 1. The summed E-state index contributed by atoms with van der Waals surface area (Å²) in [5.41, 5.74) is 0.290. The third-order valence-corrected chi connectivity index (χ3v) is 1.97. The van der Waals surface area contributed by atoms with Gasteiger partial charge in [0, 0.05) is 5.54 Å². The SMILES string of the molecule is CC(C)(C)NC(=O)Nc1ncnc2[nH]ncc12. The number of amides is 2. The number of hydrogen-bond acceptors (Lipinski definition) is 4. The molecule has 2 rings (SSSR count). The number of nitrogens with one attached hydrogen (secondary N) is 3. The van der Waals surface area contributed by atoms with E-state index in [9.17, 15) is 4.79 Å². The quantitative estimate of drug-likeness (QED) is 0.692. The van der Waals surface area contributed by atoms with Crippen molar-refractivity contribution in [2.75, 3.05) is 5.32 Å². The number of aromatic nitrogens is 4. The van der Waals surface area contributed by atoms with Gasteiger partial charge in [-0.15, -0.1) is 0 Å². The van der Waals surface area contributed by atoms with E-state index in [2.05, 4.69) is 30.8 Å². The third-order valence-electron chi connectivity index (χ3n) is 1.97. The largest absolute Gasteiger partial charge is 0.333 e. The molecule has 2 aromatic heterocycles. The van der Waals surface area contributed by atoms with E-state index in [1.54, 1.807) is 6.20 Å². The molecule has 0 radical (unpaired) electrons. The summed E-state index contributed by atoms with van der Waals surface area (Å²) in [5.74, 6) is 0.436. The molecule has 0 bridgehead atoms. The molecule has 7 nitrogen and oxygen atoms in total. The first-order valence-electron chi connectivity index (χ1n) is 5.19. The molecule has 90 valence electrons. The number of urea groups is 1. The molecule has 0 spiro atoms. The lowest BCUT2D eigenvalue weighted by Crippen LogP contribution is -2.43. The second kappa shape index (κ2) is 4.00. The van der Waals surface area contributed by atoms with E-state index in [-0.39, 0.29) is 11.6 Å². The summed E-state index contributed by atoms with van der Waals surface area (Å²) in [6.07, 6.45) is 2.94. The number of carbonyl (C=O) groups excluding carboxylic acids is 1. The molecule has 0 unspecified atom stereocenters. The van der Waals surface area contributed by atoms with Crippen LogP contribution in [0.15, 0.2) is 12.5 Å². The van der Waals surface area contributed by atoms with Gasteiger partial charge in [-0.25, -0.2) is 14.8 Å². The van der Waals surface area contributed by atoms with Crippen molar-refractivity contribution in [3.63, 3.8) is 0 Å². The van der Waals surface area contributed by atoms with Crippen molar-refractivity contribution in [1.29, 1.82) is 0 Å². The number of rotatable bonds is 1. The van der Waals surface area contributed by atoms with Crippen molar-refractivity contribution in [1.82, 2.24) is 25.5 Å². The lowest BCUT2D eigenvalue weighted by Gasteiger charge is -2.20. The topological polar surface area (TPSA) is 95.6 Å². The fourth-order valence-corrected chi connectivity index (χ4v) is 1.34. The van der Waals surface area contributed by atoms with Gasteiger partial charge < -0.3 is 5.32 Å². The lowest BCUT2D eigenvalue weighted by atomic mass is 10.1. The maximum Gasteiger partial charge on any atom is 0.320 e. The summed E-state index contributed by atoms with van der Waals surface area (Å²) >= 11 is 0. The molecule has 2 aromatic rings. The number of H-pyrrole nitrogens is 1. The second-order valence-corrected chi connectivity index (χ2v) is 4.68. The van der Waals surface area contributed by atoms with Gasteiger partial charge in [0.15, 0.2) is 5.65 Å². The molecule has 2 heterocycles. The highest BCUT2D eigenvalue weighted by atomic mass is 16.2. The first kappa shape index (κ1) is 11.3. The van der Waals surface area contributed by atoms with Gasteiger partial charge in [0.1, 0.15) is 12.1 Å². The van der Waals surface area contributed by atoms with E-state index in [1.165, 1.54) is 6.33 Å². The average Bonchev–Trinajstić information content (AvgIpc) is 2.63. The van der Waals surface area contributed by atoms with Crippen molar-refractivity contribution in [2.24, 2.45) is 0 Å². The summed E-state index contributed by atoms with van der Waals surface area (Å²) < 4.78 is 0. The van der Waals surface area contributed by atoms with Crippen molar-refractivity contribution >= 4 is 22.9 Å². The highest BCUT2D eigenvalue weighted by Gasteiger charge is 2.15. The number of aromatic amines is 1. The molecule has 3 N–H and O–H groups in total. The van der Waals surface area contributed by atoms with Crippen LogP contribution >= 0.6 is 0 Å². The van der Waals surface area contributed by atoms with Crippen LogP contribution in [0.5, 0.6) is 0 Å². The van der Waals surface area contributed by atoms with Crippen LogP contribution in [-0.4, -0.2) is 31.7 Å². The molecule has 0 atom stereocenters. The Hall–Kier alpha value is -2.18. The molecule has 0 aromatic carbocycles. The maximum atomic E-state index is 11.7. The highest BCUT2D eigenvalue weighted by molar-refractivity contribution is 5.97. The Morgan fingerprint density at radius 3 is 2.82 bits per heavy atom. The Morgan fingerprint density at radius 1 is 1.35 bits per heavy atom. The van der Waals surface area contributed by atoms with Crippen LogP contribution in [0.25, 0.3) is 11.0 Å². The molecular formula is C10H14N6O. The molecule has 0 saturated carbocycles. The Balaban J connectivity index is 2.18. The smallest absolute Gasteiger partial charge is 0.320 e. The molecule has 2 amide bonds. The number of carbonyl (C=O) groups is 1. The van der Waals surface area contributed by atoms with E-state index in [1.807, 2.05) is 20.8 Å². The standard InChI is InChI=1S/C10H14N6O/c1-10(2,3)15-9(17)14-7-6-4-13-16-8(6)12-5-11-7/h4-5H,1-3H3,(H3,11,12,13,14,15,16,17). The van der Waals surface area contributed by atoms with Crippen molar-refractivity contribution in [3.8, 4) is 0 Å². The normalized spacial score (nSPS) is 11.5. The predicted octanol–water partition coefficient (Wildman–Crippen LogP) is 1.27. The number of hydrogen-bond donors (Lipinski definition) is 3. The van der Waals surface area contributed by atoms with Gasteiger partial charge in [-0.2, -0.15) is 5.10 Å². The molecule has 0 aliphatic carbocycles. The Labute approximate surface area is 98.0 Å². The first-order valence-corrected chi connectivity index (χ1v) is 5.19. The van der Waals surface area contributed by atoms with E-state index in [4.69, 9.17) is 0 Å². The zero-order valence-corrected chi connectivity index (χ0v) is 9.90. The van der Waals surface area contributed by atoms with Gasteiger partial charge in [0.25, 0.3) is 0 Å². The van der Waals surface area contributed by atoms with Gasteiger partial charge in [-0.05, 0) is 20.8 Å². The number of nitrogens with zero attached hydrogens (tertiary/aromatic N) is 3. The van der Waals surface area contributed by atoms with Crippen molar-refractivity contribution in [2.45, 2.75) is 26.3 Å². The molecule has 0 aliphatic rings. The minimum atomic E-state index is -0.307. The van der Waals surface area contributed by atoms with Gasteiger partial charge in [0.2, 0.25) is 0 Å². The van der Waals surface area contributed by atoms with Crippen LogP contribution in [-0.2, 0) is 0 Å². The maximum absolute atomic E-state index is 11.7.